The number of rotatable bonds is 6. The fourth-order valence-corrected chi connectivity index (χ4v) is 9.69. The van der Waals surface area contributed by atoms with Crippen molar-refractivity contribution in [3.8, 4) is 0 Å². The van der Waals surface area contributed by atoms with E-state index in [1.54, 1.807) is 0 Å². The number of para-hydroxylation sites is 3. The summed E-state index contributed by atoms with van der Waals surface area (Å²) in [5, 5.41) is 14.0. The second kappa shape index (κ2) is 13.6. The largest absolute Gasteiger partial charge is 0.456 e. The van der Waals surface area contributed by atoms with Crippen LogP contribution < -0.4 is 9.80 Å². The van der Waals surface area contributed by atoms with Crippen molar-refractivity contribution in [2.45, 2.75) is 0 Å². The van der Waals surface area contributed by atoms with E-state index in [9.17, 15) is 0 Å². The van der Waals surface area contributed by atoms with Crippen LogP contribution in [0.15, 0.2) is 227 Å². The topological polar surface area (TPSA) is 32.8 Å². The van der Waals surface area contributed by atoms with Gasteiger partial charge in [0.25, 0.3) is 0 Å². The minimum Gasteiger partial charge on any atom is -0.456 e. The summed E-state index contributed by atoms with van der Waals surface area (Å²) in [6.45, 7) is 0. The molecule has 0 aliphatic heterocycles. The van der Waals surface area contributed by atoms with Gasteiger partial charge in [-0.2, -0.15) is 0 Å². The first kappa shape index (κ1) is 34.5. The Morgan fingerprint density at radius 1 is 0.226 bits per heavy atom. The molecule has 0 unspecified atom stereocenters. The van der Waals surface area contributed by atoms with Crippen LogP contribution in [-0.4, -0.2) is 0 Å². The van der Waals surface area contributed by atoms with E-state index < -0.39 is 0 Å². The Morgan fingerprint density at radius 3 is 1.56 bits per heavy atom. The Hall–Kier alpha value is -8.34. The first-order valence-corrected chi connectivity index (χ1v) is 21.1. The van der Waals surface area contributed by atoms with Crippen molar-refractivity contribution in [1.82, 2.24) is 0 Å². The molecular weight excluding hydrogens is 757 g/mol. The molecule has 0 atom stereocenters. The maximum absolute atomic E-state index is 6.34. The van der Waals surface area contributed by atoms with Crippen LogP contribution in [0, 0.1) is 0 Å². The number of anilines is 6. The third-order valence-corrected chi connectivity index (χ3v) is 12.6. The van der Waals surface area contributed by atoms with Crippen molar-refractivity contribution in [3.05, 3.63) is 218 Å². The number of furan rings is 2. The van der Waals surface area contributed by atoms with Gasteiger partial charge in [0.15, 0.2) is 0 Å². The summed E-state index contributed by atoms with van der Waals surface area (Å²) < 4.78 is 12.7. The van der Waals surface area contributed by atoms with Crippen LogP contribution in [-0.2, 0) is 0 Å². The lowest BCUT2D eigenvalue weighted by Gasteiger charge is -2.30. The van der Waals surface area contributed by atoms with Crippen molar-refractivity contribution in [2.75, 3.05) is 9.80 Å². The summed E-state index contributed by atoms with van der Waals surface area (Å²) in [7, 11) is 0. The van der Waals surface area contributed by atoms with Gasteiger partial charge in [-0.25, -0.2) is 0 Å². The van der Waals surface area contributed by atoms with Gasteiger partial charge >= 0.3 is 0 Å². The number of benzene rings is 11. The fourth-order valence-electron chi connectivity index (χ4n) is 9.69. The minimum atomic E-state index is 0.864. The highest BCUT2D eigenvalue weighted by Crippen LogP contribution is 2.45. The SMILES string of the molecule is c1ccc(N(c2cccc(N(c3ccc4ccc5cc6oc7ccccc7c6cc5c4c3)c3ccc4oc5ccccc5c4c3)c2)c2cccc3c2ccc2ccccc23)cc1. The van der Waals surface area contributed by atoms with Crippen LogP contribution in [0.25, 0.3) is 87.0 Å². The maximum atomic E-state index is 6.34. The minimum absolute atomic E-state index is 0.864. The molecule has 0 amide bonds. The molecule has 0 N–H and O–H groups in total. The zero-order valence-corrected chi connectivity index (χ0v) is 33.5. The summed E-state index contributed by atoms with van der Waals surface area (Å²) in [6.07, 6.45) is 0. The van der Waals surface area contributed by atoms with Crippen molar-refractivity contribution >= 4 is 121 Å². The highest BCUT2D eigenvalue weighted by atomic mass is 16.3. The molecule has 62 heavy (non-hydrogen) atoms. The van der Waals surface area contributed by atoms with Crippen LogP contribution in [0.4, 0.5) is 34.1 Å². The van der Waals surface area contributed by atoms with E-state index in [4.69, 9.17) is 8.83 Å². The summed E-state index contributed by atoms with van der Waals surface area (Å²) in [5.74, 6) is 0. The van der Waals surface area contributed by atoms with Gasteiger partial charge in [0.1, 0.15) is 22.3 Å². The first-order chi connectivity index (χ1) is 30.7. The molecule has 290 valence electrons. The van der Waals surface area contributed by atoms with Crippen LogP contribution in [0.2, 0.25) is 0 Å². The molecule has 13 aromatic rings. The summed E-state index contributed by atoms with van der Waals surface area (Å²) in [4.78, 5) is 4.77. The lowest BCUT2D eigenvalue weighted by molar-refractivity contribution is 0.668. The van der Waals surface area contributed by atoms with E-state index >= 15 is 0 Å². The van der Waals surface area contributed by atoms with Gasteiger partial charge in [0.05, 0.1) is 5.69 Å². The molecule has 0 radical (unpaired) electrons. The summed E-state index contributed by atoms with van der Waals surface area (Å²) in [6, 6.07) is 78.3. The van der Waals surface area contributed by atoms with Gasteiger partial charge < -0.3 is 18.6 Å². The average Bonchev–Trinajstić information content (AvgIpc) is 3.89. The number of fused-ring (bicyclic) bond motifs is 12. The lowest BCUT2D eigenvalue weighted by Crippen LogP contribution is -2.13. The molecule has 0 spiro atoms. The van der Waals surface area contributed by atoms with E-state index in [-0.39, 0.29) is 0 Å². The smallest absolute Gasteiger partial charge is 0.136 e. The standard InChI is InChI=1S/C58H36N2O2/c1-2-13-40(14-3-1)60(54-21-11-20-46-45-17-5-4-12-37(45)27-30-47(46)54)42-16-10-15-41(33-42)59(44-29-31-57-52(35-44)48-18-6-8-22-55(48)61-57)43-28-26-38-24-25-39-32-58-53(36-51(39)50(38)34-43)49-19-7-9-23-56(49)62-58/h1-36H. The van der Waals surface area contributed by atoms with Gasteiger partial charge in [-0.05, 0) is 129 Å². The van der Waals surface area contributed by atoms with Crippen molar-refractivity contribution < 1.29 is 8.83 Å². The molecule has 11 aromatic carbocycles. The Bertz CT molecular complexity index is 3900. The molecule has 2 aromatic heterocycles. The molecule has 13 rings (SSSR count). The quantitative estimate of drug-likeness (QED) is 0.157. The third-order valence-electron chi connectivity index (χ3n) is 12.6. The van der Waals surface area contributed by atoms with Gasteiger partial charge in [-0.1, -0.05) is 127 Å². The van der Waals surface area contributed by atoms with E-state index in [2.05, 4.69) is 204 Å². The second-order valence-electron chi connectivity index (χ2n) is 16.1. The van der Waals surface area contributed by atoms with Crippen molar-refractivity contribution in [3.63, 3.8) is 0 Å². The molecule has 0 fully saturated rings. The predicted molar refractivity (Wildman–Crippen MR) is 260 cm³/mol. The zero-order valence-electron chi connectivity index (χ0n) is 33.5. The van der Waals surface area contributed by atoms with Gasteiger partial charge in [0, 0.05) is 55.4 Å². The van der Waals surface area contributed by atoms with Crippen LogP contribution in [0.5, 0.6) is 0 Å². The van der Waals surface area contributed by atoms with E-state index in [1.165, 1.54) is 37.7 Å². The highest BCUT2D eigenvalue weighted by Gasteiger charge is 2.21. The summed E-state index contributed by atoms with van der Waals surface area (Å²) >= 11 is 0. The van der Waals surface area contributed by atoms with E-state index in [0.717, 1.165) is 83.4 Å². The predicted octanol–water partition coefficient (Wildman–Crippen LogP) is 17.0. The number of hydrogen-bond donors (Lipinski definition) is 0. The van der Waals surface area contributed by atoms with Crippen molar-refractivity contribution in [1.29, 1.82) is 0 Å². The third kappa shape index (κ3) is 5.40. The maximum Gasteiger partial charge on any atom is 0.136 e. The van der Waals surface area contributed by atoms with Crippen LogP contribution >= 0.6 is 0 Å². The van der Waals surface area contributed by atoms with Crippen LogP contribution in [0.3, 0.4) is 0 Å². The first-order valence-electron chi connectivity index (χ1n) is 21.1. The second-order valence-corrected chi connectivity index (χ2v) is 16.1. The molecule has 0 bridgehead atoms. The lowest BCUT2D eigenvalue weighted by atomic mass is 9.98. The monoisotopic (exact) mass is 792 g/mol. The van der Waals surface area contributed by atoms with E-state index in [0.29, 0.717) is 0 Å². The summed E-state index contributed by atoms with van der Waals surface area (Å²) in [5.41, 5.74) is 9.91. The Kier molecular flexibility index (Phi) is 7.57. The molecule has 4 nitrogen and oxygen atoms in total. The van der Waals surface area contributed by atoms with Gasteiger partial charge in [0.2, 0.25) is 0 Å². The zero-order chi connectivity index (χ0) is 40.7. The molecule has 0 aliphatic carbocycles. The average molecular weight is 793 g/mol. The van der Waals surface area contributed by atoms with E-state index in [1.807, 2.05) is 24.3 Å². The molecule has 0 saturated heterocycles. The Morgan fingerprint density at radius 2 is 0.742 bits per heavy atom. The molecular formula is C58H36N2O2. The number of nitrogens with zero attached hydrogens (tertiary/aromatic N) is 2. The van der Waals surface area contributed by atoms with Gasteiger partial charge in [-0.3, -0.25) is 0 Å². The molecule has 4 heteroatoms. The highest BCUT2D eigenvalue weighted by molar-refractivity contribution is 6.17. The Balaban J connectivity index is 1.04. The van der Waals surface area contributed by atoms with Gasteiger partial charge in [-0.15, -0.1) is 0 Å². The normalized spacial score (nSPS) is 11.9. The Labute approximate surface area is 356 Å². The van der Waals surface area contributed by atoms with Crippen LogP contribution in [0.1, 0.15) is 0 Å². The number of hydrogen-bond acceptors (Lipinski definition) is 4. The fraction of sp³-hybridized carbons (Fsp3) is 0. The molecule has 2 heterocycles. The molecule has 0 aliphatic rings. The molecule has 0 saturated carbocycles. The van der Waals surface area contributed by atoms with Crippen molar-refractivity contribution in [2.24, 2.45) is 0 Å².